The zero-order valence-electron chi connectivity index (χ0n) is 21.5. The number of carbonyl (C=O) groups is 2. The van der Waals surface area contributed by atoms with Crippen molar-refractivity contribution in [2.45, 2.75) is 68.2 Å². The number of carbonyl (C=O) groups excluding carboxylic acids is 1. The van der Waals surface area contributed by atoms with Crippen LogP contribution in [0.3, 0.4) is 0 Å². The van der Waals surface area contributed by atoms with Gasteiger partial charge in [0.15, 0.2) is 15.9 Å². The molecule has 0 amide bonds. The van der Waals surface area contributed by atoms with Gasteiger partial charge in [-0.05, 0) is 70.4 Å². The fraction of sp³-hybridized carbons (Fsp3) is 0.654. The van der Waals surface area contributed by atoms with E-state index in [-0.39, 0.29) is 36.2 Å². The zero-order chi connectivity index (χ0) is 28.1. The molecule has 1 aromatic heterocycles. The number of aliphatic hydroxyl groups excluding tert-OH is 1. The van der Waals surface area contributed by atoms with Gasteiger partial charge in [-0.3, -0.25) is 4.79 Å². The molecule has 3 atom stereocenters. The van der Waals surface area contributed by atoms with Crippen molar-refractivity contribution in [3.8, 4) is 0 Å². The van der Waals surface area contributed by atoms with E-state index >= 15 is 0 Å². The average Bonchev–Trinajstić information content (AvgIpc) is 3.50. The Morgan fingerprint density at radius 1 is 1.29 bits per heavy atom. The van der Waals surface area contributed by atoms with E-state index in [1.807, 2.05) is 6.08 Å². The number of nitrogens with one attached hydrogen (secondary N) is 1. The summed E-state index contributed by atoms with van der Waals surface area (Å²) in [6.07, 6.45) is 4.89. The Morgan fingerprint density at radius 2 is 2.00 bits per heavy atom. The molecule has 1 saturated heterocycles. The summed E-state index contributed by atoms with van der Waals surface area (Å²) in [6, 6.07) is 0. The van der Waals surface area contributed by atoms with Gasteiger partial charge in [0.05, 0.1) is 5.60 Å². The summed E-state index contributed by atoms with van der Waals surface area (Å²) in [5.74, 6) is -1.32. The molecule has 2 heterocycles. The maximum absolute atomic E-state index is 12.9. The molecule has 0 bridgehead atoms. The number of allylic oxidation sites excluding steroid dienone is 2. The van der Waals surface area contributed by atoms with Gasteiger partial charge in [0.2, 0.25) is 0 Å². The Bertz CT molecular complexity index is 960. The number of aliphatic hydroxyl groups is 2. The van der Waals surface area contributed by atoms with Crippen molar-refractivity contribution in [3.63, 3.8) is 0 Å². The van der Waals surface area contributed by atoms with E-state index in [2.05, 4.69) is 10.3 Å². The smallest absolute Gasteiger partial charge is 0.355 e. The number of rotatable bonds is 12. The molecule has 2 aliphatic rings. The Hall–Kier alpha value is -1.73. The van der Waals surface area contributed by atoms with Gasteiger partial charge in [0.1, 0.15) is 5.78 Å². The van der Waals surface area contributed by atoms with Crippen LogP contribution in [0, 0.1) is 17.8 Å². The summed E-state index contributed by atoms with van der Waals surface area (Å²) >= 11 is 2.67. The summed E-state index contributed by atoms with van der Waals surface area (Å²) in [5.41, 5.74) is -1.30. The lowest BCUT2D eigenvalue weighted by molar-refractivity contribution is -0.121. The van der Waals surface area contributed by atoms with E-state index in [9.17, 15) is 27.9 Å². The maximum atomic E-state index is 12.9. The molecule has 2 fully saturated rings. The van der Waals surface area contributed by atoms with E-state index in [0.717, 1.165) is 25.9 Å². The van der Waals surface area contributed by atoms with Crippen LogP contribution >= 0.6 is 23.1 Å². The summed E-state index contributed by atoms with van der Waals surface area (Å²) in [7, 11) is 0. The van der Waals surface area contributed by atoms with Crippen LogP contribution in [0.5, 0.6) is 0 Å². The van der Waals surface area contributed by atoms with Crippen LogP contribution in [0.15, 0.2) is 33.8 Å². The SMILES string of the molecule is C[C@@](O)(C/C=C/[C@H]1CCC(=O)[C@H]1CCSc1nc(C(=O)O)cs1)CCC(F)=C(F)F.OCC1CCNCC1. The maximum Gasteiger partial charge on any atom is 0.355 e. The van der Waals surface area contributed by atoms with Crippen molar-refractivity contribution in [3.05, 3.63) is 35.1 Å². The first-order valence-electron chi connectivity index (χ1n) is 12.8. The van der Waals surface area contributed by atoms with Crippen LogP contribution < -0.4 is 5.32 Å². The highest BCUT2D eigenvalue weighted by molar-refractivity contribution is 8.01. The standard InChI is InChI=1S/C20H24F3NO4S2.C6H13NO/c1-20(28,9-6-14(21)17(22)23)8-2-3-12-4-5-16(25)13(12)7-10-29-19-24-15(11-30-19)18(26)27;8-5-6-1-3-7-4-2-6/h2-3,11-13,28H,4-10H2,1H3,(H,26,27);6-8H,1-5H2/b3-2+;/t12-,13-,20+;/m0./s1. The number of hydrogen-bond acceptors (Lipinski definition) is 8. The van der Waals surface area contributed by atoms with Gasteiger partial charge in [-0.25, -0.2) is 14.2 Å². The van der Waals surface area contributed by atoms with Crippen molar-refractivity contribution in [2.24, 2.45) is 17.8 Å². The van der Waals surface area contributed by atoms with Crippen LogP contribution in [0.1, 0.15) is 68.8 Å². The zero-order valence-corrected chi connectivity index (χ0v) is 23.1. The van der Waals surface area contributed by atoms with Crippen LogP contribution in [-0.4, -0.2) is 63.1 Å². The highest BCUT2D eigenvalue weighted by Crippen LogP contribution is 2.35. The molecule has 4 N–H and O–H groups in total. The number of ketones is 1. The minimum absolute atomic E-state index is 0.0110. The second-order valence-electron chi connectivity index (χ2n) is 9.89. The molecule has 0 radical (unpaired) electrons. The number of aromatic nitrogens is 1. The number of piperidine rings is 1. The fourth-order valence-electron chi connectivity index (χ4n) is 4.37. The minimum atomic E-state index is -2.36. The van der Waals surface area contributed by atoms with Gasteiger partial charge in [-0.2, -0.15) is 8.78 Å². The van der Waals surface area contributed by atoms with Crippen LogP contribution in [0.4, 0.5) is 13.2 Å². The molecule has 0 unspecified atom stereocenters. The summed E-state index contributed by atoms with van der Waals surface area (Å²) < 4.78 is 37.8. The molecule has 1 saturated carbocycles. The normalized spacial score (nSPS) is 21.7. The first-order valence-corrected chi connectivity index (χ1v) is 14.6. The number of nitrogens with zero attached hydrogens (tertiary/aromatic N) is 1. The molecule has 214 valence electrons. The number of halogens is 3. The van der Waals surface area contributed by atoms with E-state index in [0.29, 0.717) is 41.9 Å². The predicted octanol–water partition coefficient (Wildman–Crippen LogP) is 5.45. The molecule has 3 rings (SSSR count). The third-order valence-corrected chi connectivity index (χ3v) is 8.81. The fourth-order valence-corrected chi connectivity index (χ4v) is 6.26. The predicted molar refractivity (Wildman–Crippen MR) is 142 cm³/mol. The highest BCUT2D eigenvalue weighted by Gasteiger charge is 2.32. The first-order chi connectivity index (χ1) is 18.0. The number of thioether (sulfide) groups is 1. The van der Waals surface area contributed by atoms with Gasteiger partial charge in [0, 0.05) is 36.5 Å². The van der Waals surface area contributed by atoms with Crippen molar-refractivity contribution >= 4 is 34.9 Å². The van der Waals surface area contributed by atoms with Gasteiger partial charge in [0.25, 0.3) is 0 Å². The average molecular weight is 579 g/mol. The summed E-state index contributed by atoms with van der Waals surface area (Å²) in [5, 5.41) is 32.5. The third-order valence-electron chi connectivity index (χ3n) is 6.76. The molecule has 7 nitrogen and oxygen atoms in total. The molecule has 0 aromatic carbocycles. The number of carboxylic acids is 1. The minimum Gasteiger partial charge on any atom is -0.476 e. The summed E-state index contributed by atoms with van der Waals surface area (Å²) in [4.78, 5) is 27.1. The van der Waals surface area contributed by atoms with E-state index in [1.165, 1.54) is 35.4 Å². The second kappa shape index (κ2) is 16.4. The molecule has 0 spiro atoms. The Balaban J connectivity index is 0.000000538. The summed E-state index contributed by atoms with van der Waals surface area (Å²) in [6.45, 7) is 4.02. The molecule has 12 heteroatoms. The topological polar surface area (TPSA) is 120 Å². The molecule has 38 heavy (non-hydrogen) atoms. The molecule has 1 aromatic rings. The highest BCUT2D eigenvalue weighted by atomic mass is 32.2. The van der Waals surface area contributed by atoms with Gasteiger partial charge < -0.3 is 20.6 Å². The molecule has 1 aliphatic carbocycles. The lowest BCUT2D eigenvalue weighted by Crippen LogP contribution is -2.29. The number of thiazole rings is 1. The first kappa shape index (κ1) is 32.5. The van der Waals surface area contributed by atoms with E-state index < -0.39 is 29.9 Å². The van der Waals surface area contributed by atoms with Crippen LogP contribution in [-0.2, 0) is 4.79 Å². The number of aromatic carboxylic acids is 1. The van der Waals surface area contributed by atoms with Crippen molar-refractivity contribution in [1.82, 2.24) is 10.3 Å². The van der Waals surface area contributed by atoms with Gasteiger partial charge in [-0.15, -0.1) is 11.3 Å². The lowest BCUT2D eigenvalue weighted by atomic mass is 9.90. The number of carboxylic acid groups (broad SMARTS) is 1. The molecular formula is C26H37F3N2O5S2. The van der Waals surface area contributed by atoms with Crippen LogP contribution in [0.2, 0.25) is 0 Å². The Labute approximate surface area is 229 Å². The van der Waals surface area contributed by atoms with Crippen molar-refractivity contribution in [2.75, 3.05) is 25.4 Å². The van der Waals surface area contributed by atoms with Crippen molar-refractivity contribution in [1.29, 1.82) is 0 Å². The molecular weight excluding hydrogens is 541 g/mol. The number of Topliss-reactive ketones (excluding diaryl/α,β-unsaturated/α-hetero) is 1. The number of hydrogen-bond donors (Lipinski definition) is 4. The van der Waals surface area contributed by atoms with Crippen molar-refractivity contribution < 1.29 is 38.1 Å². The van der Waals surface area contributed by atoms with E-state index in [1.54, 1.807) is 6.08 Å². The Kier molecular flexibility index (Phi) is 14.0. The largest absolute Gasteiger partial charge is 0.476 e. The third kappa shape index (κ3) is 11.6. The molecule has 1 aliphatic heterocycles. The lowest BCUT2D eigenvalue weighted by Gasteiger charge is -2.21. The van der Waals surface area contributed by atoms with Gasteiger partial charge in [-0.1, -0.05) is 23.9 Å². The second-order valence-corrected chi connectivity index (χ2v) is 12.1. The van der Waals surface area contributed by atoms with E-state index in [4.69, 9.17) is 10.2 Å². The quantitative estimate of drug-likeness (QED) is 0.191. The Morgan fingerprint density at radius 3 is 2.58 bits per heavy atom. The van der Waals surface area contributed by atoms with Crippen LogP contribution in [0.25, 0.3) is 0 Å². The monoisotopic (exact) mass is 578 g/mol. The van der Waals surface area contributed by atoms with Gasteiger partial charge >= 0.3 is 12.0 Å².